The molecule has 4 nitrogen and oxygen atoms in total. The van der Waals surface area contributed by atoms with Gasteiger partial charge in [-0.1, -0.05) is 30.3 Å². The Morgan fingerprint density at radius 1 is 1.15 bits per heavy atom. The second-order valence-corrected chi connectivity index (χ2v) is 7.02. The number of aryl methyl sites for hydroxylation is 1. The molecule has 0 N–H and O–H groups in total. The van der Waals surface area contributed by atoms with E-state index < -0.39 is 0 Å². The minimum absolute atomic E-state index is 0.0531. The summed E-state index contributed by atoms with van der Waals surface area (Å²) in [6, 6.07) is 14.7. The molecule has 3 aromatic rings. The Bertz CT molecular complexity index is 998. The highest BCUT2D eigenvalue weighted by atomic mass is 19.1. The van der Waals surface area contributed by atoms with Crippen molar-refractivity contribution in [2.75, 3.05) is 6.54 Å². The Labute approximate surface area is 151 Å². The highest BCUT2D eigenvalue weighted by Gasteiger charge is 2.25. The summed E-state index contributed by atoms with van der Waals surface area (Å²) in [4.78, 5) is 15.1. The lowest BCUT2D eigenvalue weighted by molar-refractivity contribution is 0.185. The second kappa shape index (κ2) is 7.00. The van der Waals surface area contributed by atoms with Crippen molar-refractivity contribution >= 4 is 10.8 Å². The predicted molar refractivity (Wildman–Crippen MR) is 101 cm³/mol. The van der Waals surface area contributed by atoms with E-state index in [-0.39, 0.29) is 11.4 Å². The highest BCUT2D eigenvalue weighted by Crippen LogP contribution is 2.22. The fraction of sp³-hybridized carbons (Fsp3) is 0.333. The lowest BCUT2D eigenvalue weighted by Gasteiger charge is -2.25. The molecule has 0 amide bonds. The molecule has 0 aliphatic carbocycles. The van der Waals surface area contributed by atoms with E-state index in [1.807, 2.05) is 37.3 Å². The topological polar surface area (TPSA) is 38.1 Å². The molecule has 5 heteroatoms. The summed E-state index contributed by atoms with van der Waals surface area (Å²) in [7, 11) is 0. The van der Waals surface area contributed by atoms with Crippen molar-refractivity contribution in [3.05, 3.63) is 76.0 Å². The normalized spacial score (nSPS) is 17.8. The Balaban J connectivity index is 1.59. The molecule has 2 heterocycles. The monoisotopic (exact) mass is 351 g/mol. The van der Waals surface area contributed by atoms with Crippen LogP contribution in [0.4, 0.5) is 4.39 Å². The molecule has 1 unspecified atom stereocenters. The third-order valence-electron chi connectivity index (χ3n) is 5.23. The summed E-state index contributed by atoms with van der Waals surface area (Å²) in [5.74, 6) is -0.199. The molecule has 1 fully saturated rings. The summed E-state index contributed by atoms with van der Waals surface area (Å²) in [6.07, 6.45) is 2.93. The van der Waals surface area contributed by atoms with E-state index in [4.69, 9.17) is 0 Å². The largest absolute Gasteiger partial charge is 0.281 e. The van der Waals surface area contributed by atoms with Gasteiger partial charge in [0.05, 0.1) is 17.7 Å². The average Bonchev–Trinajstić information content (AvgIpc) is 3.06. The van der Waals surface area contributed by atoms with E-state index in [0.717, 1.165) is 42.5 Å². The standard InChI is InChI=1S/C21H22FN3O/c1-15-19-9-2-3-10-20(19)21(26)25(23-15)14-24-11-5-8-18(24)13-16-6-4-7-17(22)12-16/h2-4,6-7,9-10,12,18H,5,8,11,13-14H2,1H3. The van der Waals surface area contributed by atoms with Gasteiger partial charge >= 0.3 is 0 Å². The molecule has 4 rings (SSSR count). The quantitative estimate of drug-likeness (QED) is 0.722. The minimum atomic E-state index is -0.199. The smallest absolute Gasteiger partial charge is 0.275 e. The van der Waals surface area contributed by atoms with Crippen molar-refractivity contribution in [1.29, 1.82) is 0 Å². The van der Waals surface area contributed by atoms with Crippen LogP contribution >= 0.6 is 0 Å². The predicted octanol–water partition coefficient (Wildman–Crippen LogP) is 3.51. The number of likely N-dealkylation sites (tertiary alicyclic amines) is 1. The van der Waals surface area contributed by atoms with E-state index in [1.165, 1.54) is 6.07 Å². The molecule has 1 aliphatic heterocycles. The van der Waals surface area contributed by atoms with Crippen LogP contribution < -0.4 is 5.56 Å². The number of hydrogen-bond donors (Lipinski definition) is 0. The highest BCUT2D eigenvalue weighted by molar-refractivity contribution is 5.83. The first-order chi connectivity index (χ1) is 12.6. The second-order valence-electron chi connectivity index (χ2n) is 7.02. The van der Waals surface area contributed by atoms with Gasteiger partial charge in [-0.15, -0.1) is 0 Å². The Morgan fingerprint density at radius 3 is 2.77 bits per heavy atom. The summed E-state index contributed by atoms with van der Waals surface area (Å²) < 4.78 is 15.0. The molecule has 0 saturated carbocycles. The maximum Gasteiger partial charge on any atom is 0.275 e. The van der Waals surface area contributed by atoms with Crippen molar-refractivity contribution in [3.8, 4) is 0 Å². The zero-order valence-electron chi connectivity index (χ0n) is 14.9. The maximum atomic E-state index is 13.5. The lowest BCUT2D eigenvalue weighted by Crippen LogP contribution is -2.38. The van der Waals surface area contributed by atoms with Crippen LogP contribution in [-0.2, 0) is 13.1 Å². The fourth-order valence-corrected chi connectivity index (χ4v) is 3.92. The molecule has 1 saturated heterocycles. The zero-order valence-corrected chi connectivity index (χ0v) is 14.9. The van der Waals surface area contributed by atoms with Crippen LogP contribution in [0.2, 0.25) is 0 Å². The molecular weight excluding hydrogens is 329 g/mol. The van der Waals surface area contributed by atoms with Crippen molar-refractivity contribution < 1.29 is 4.39 Å². The molecule has 1 atom stereocenters. The van der Waals surface area contributed by atoms with Gasteiger partial charge in [-0.2, -0.15) is 5.10 Å². The average molecular weight is 351 g/mol. The van der Waals surface area contributed by atoms with E-state index in [1.54, 1.807) is 16.8 Å². The van der Waals surface area contributed by atoms with Gasteiger partial charge in [-0.25, -0.2) is 9.07 Å². The number of nitrogens with zero attached hydrogens (tertiary/aromatic N) is 3. The summed E-state index contributed by atoms with van der Waals surface area (Å²) >= 11 is 0. The van der Waals surface area contributed by atoms with E-state index in [0.29, 0.717) is 18.1 Å². The number of fused-ring (bicyclic) bond motifs is 1. The van der Waals surface area contributed by atoms with Gasteiger partial charge in [-0.3, -0.25) is 9.69 Å². The van der Waals surface area contributed by atoms with Gasteiger partial charge in [-0.05, 0) is 49.9 Å². The Morgan fingerprint density at radius 2 is 1.96 bits per heavy atom. The van der Waals surface area contributed by atoms with Gasteiger partial charge < -0.3 is 0 Å². The Kier molecular flexibility index (Phi) is 4.55. The molecular formula is C21H22FN3O. The molecule has 1 aliphatic rings. The number of aromatic nitrogens is 2. The third-order valence-corrected chi connectivity index (χ3v) is 5.23. The van der Waals surface area contributed by atoms with Gasteiger partial charge in [0.25, 0.3) is 5.56 Å². The minimum Gasteiger partial charge on any atom is -0.281 e. The van der Waals surface area contributed by atoms with Crippen LogP contribution in [0.5, 0.6) is 0 Å². The van der Waals surface area contributed by atoms with Crippen LogP contribution in [0.1, 0.15) is 24.1 Å². The molecule has 26 heavy (non-hydrogen) atoms. The number of halogens is 1. The van der Waals surface area contributed by atoms with Crippen LogP contribution in [0, 0.1) is 12.7 Å². The van der Waals surface area contributed by atoms with Crippen LogP contribution in [0.15, 0.2) is 53.3 Å². The zero-order chi connectivity index (χ0) is 18.1. The van der Waals surface area contributed by atoms with Gasteiger partial charge in [0.2, 0.25) is 0 Å². The van der Waals surface area contributed by atoms with Gasteiger partial charge in [0.1, 0.15) is 5.82 Å². The summed E-state index contributed by atoms with van der Waals surface area (Å²) in [6.45, 7) is 3.34. The van der Waals surface area contributed by atoms with Gasteiger partial charge in [0, 0.05) is 18.0 Å². The van der Waals surface area contributed by atoms with Crippen molar-refractivity contribution in [3.63, 3.8) is 0 Å². The molecule has 1 aromatic heterocycles. The Hall–Kier alpha value is -2.53. The van der Waals surface area contributed by atoms with Crippen molar-refractivity contribution in [2.24, 2.45) is 0 Å². The molecule has 2 aromatic carbocycles. The van der Waals surface area contributed by atoms with E-state index in [2.05, 4.69) is 10.00 Å². The fourth-order valence-electron chi connectivity index (χ4n) is 3.92. The number of rotatable bonds is 4. The SMILES string of the molecule is Cc1nn(CN2CCCC2Cc2cccc(F)c2)c(=O)c2ccccc12. The first kappa shape index (κ1) is 16.9. The molecule has 0 spiro atoms. The van der Waals surface area contributed by atoms with Crippen LogP contribution in [0.25, 0.3) is 10.8 Å². The first-order valence-corrected chi connectivity index (χ1v) is 9.07. The first-order valence-electron chi connectivity index (χ1n) is 9.07. The van der Waals surface area contributed by atoms with Crippen molar-refractivity contribution in [2.45, 2.75) is 38.9 Å². The van der Waals surface area contributed by atoms with Crippen LogP contribution in [0.3, 0.4) is 0 Å². The van der Waals surface area contributed by atoms with E-state index >= 15 is 0 Å². The van der Waals surface area contributed by atoms with Crippen molar-refractivity contribution in [1.82, 2.24) is 14.7 Å². The molecule has 0 bridgehead atoms. The lowest BCUT2D eigenvalue weighted by atomic mass is 10.0. The number of benzene rings is 2. The third kappa shape index (κ3) is 3.27. The summed E-state index contributed by atoms with van der Waals surface area (Å²) in [5, 5.41) is 6.14. The molecule has 134 valence electrons. The van der Waals surface area contributed by atoms with Gasteiger partial charge in [0.15, 0.2) is 0 Å². The molecule has 0 radical (unpaired) electrons. The number of hydrogen-bond acceptors (Lipinski definition) is 3. The summed E-state index contributed by atoms with van der Waals surface area (Å²) in [5.41, 5.74) is 1.81. The maximum absolute atomic E-state index is 13.5. The van der Waals surface area contributed by atoms with E-state index in [9.17, 15) is 9.18 Å². The van der Waals surface area contributed by atoms with Crippen LogP contribution in [-0.4, -0.2) is 27.3 Å².